The Bertz CT molecular complexity index is 410. The lowest BCUT2D eigenvalue weighted by Crippen LogP contribution is -2.27. The average Bonchev–Trinajstić information content (AvgIpc) is 2.78. The van der Waals surface area contributed by atoms with Crippen molar-refractivity contribution in [2.45, 2.75) is 40.0 Å². The van der Waals surface area contributed by atoms with E-state index in [1.165, 1.54) is 11.3 Å². The number of aromatic nitrogens is 1. The molecule has 0 aliphatic heterocycles. The van der Waals surface area contributed by atoms with E-state index in [9.17, 15) is 4.79 Å². The number of carbonyl (C=O) groups excluding carboxylic acids is 1. The summed E-state index contributed by atoms with van der Waals surface area (Å²) in [7, 11) is 0. The van der Waals surface area contributed by atoms with Crippen molar-refractivity contribution >= 4 is 22.8 Å². The summed E-state index contributed by atoms with van der Waals surface area (Å²) in [6.45, 7) is 13.4. The SMILES string of the molecule is CCOCCN(CC)c1nc(C(C)(C)C)c(C=O)s1. The van der Waals surface area contributed by atoms with Gasteiger partial charge in [-0.3, -0.25) is 4.79 Å². The van der Waals surface area contributed by atoms with Crippen LogP contribution in [0.3, 0.4) is 0 Å². The van der Waals surface area contributed by atoms with Crippen LogP contribution in [0.2, 0.25) is 0 Å². The van der Waals surface area contributed by atoms with Crippen molar-refractivity contribution in [2.24, 2.45) is 0 Å². The zero-order valence-corrected chi connectivity index (χ0v) is 13.3. The Labute approximate surface area is 119 Å². The molecule has 0 bridgehead atoms. The van der Waals surface area contributed by atoms with E-state index < -0.39 is 0 Å². The molecule has 108 valence electrons. The van der Waals surface area contributed by atoms with Gasteiger partial charge in [0.1, 0.15) is 0 Å². The molecule has 0 radical (unpaired) electrons. The predicted octanol–water partition coefficient (Wildman–Crippen LogP) is 3.12. The van der Waals surface area contributed by atoms with Gasteiger partial charge in [0.2, 0.25) is 0 Å². The minimum atomic E-state index is -0.107. The molecule has 1 aromatic rings. The fraction of sp³-hybridized carbons (Fsp3) is 0.714. The first-order chi connectivity index (χ1) is 8.93. The van der Waals surface area contributed by atoms with Crippen LogP contribution in [0.5, 0.6) is 0 Å². The number of aldehydes is 1. The predicted molar refractivity (Wildman–Crippen MR) is 80.6 cm³/mol. The van der Waals surface area contributed by atoms with Gasteiger partial charge in [-0.05, 0) is 13.8 Å². The quantitative estimate of drug-likeness (QED) is 0.570. The van der Waals surface area contributed by atoms with Gasteiger partial charge in [-0.1, -0.05) is 32.1 Å². The minimum absolute atomic E-state index is 0.107. The highest BCUT2D eigenvalue weighted by Crippen LogP contribution is 2.32. The summed E-state index contributed by atoms with van der Waals surface area (Å²) in [5, 5.41) is 0.911. The fourth-order valence-electron chi connectivity index (χ4n) is 1.78. The molecule has 4 nitrogen and oxygen atoms in total. The molecule has 1 heterocycles. The van der Waals surface area contributed by atoms with Gasteiger partial charge in [-0.25, -0.2) is 4.98 Å². The fourth-order valence-corrected chi connectivity index (χ4v) is 2.96. The van der Waals surface area contributed by atoms with Gasteiger partial charge in [0, 0.05) is 25.1 Å². The van der Waals surface area contributed by atoms with Crippen LogP contribution in [0.15, 0.2) is 0 Å². The Kier molecular flexibility index (Phi) is 5.94. The van der Waals surface area contributed by atoms with Crippen molar-refractivity contribution in [3.05, 3.63) is 10.6 Å². The van der Waals surface area contributed by atoms with Crippen LogP contribution in [0, 0.1) is 0 Å². The third-order valence-electron chi connectivity index (χ3n) is 2.82. The molecule has 0 N–H and O–H groups in total. The topological polar surface area (TPSA) is 42.4 Å². The van der Waals surface area contributed by atoms with E-state index in [1.54, 1.807) is 0 Å². The summed E-state index contributed by atoms with van der Waals surface area (Å²) in [5.41, 5.74) is 0.780. The smallest absolute Gasteiger partial charge is 0.186 e. The normalized spacial score (nSPS) is 11.6. The molecule has 19 heavy (non-hydrogen) atoms. The van der Waals surface area contributed by atoms with Crippen molar-refractivity contribution in [1.29, 1.82) is 0 Å². The molecule has 0 aliphatic rings. The summed E-state index contributed by atoms with van der Waals surface area (Å²) in [6, 6.07) is 0. The summed E-state index contributed by atoms with van der Waals surface area (Å²) < 4.78 is 5.38. The van der Waals surface area contributed by atoms with Crippen LogP contribution < -0.4 is 4.90 Å². The zero-order valence-electron chi connectivity index (χ0n) is 12.5. The molecule has 0 fully saturated rings. The van der Waals surface area contributed by atoms with E-state index >= 15 is 0 Å². The second-order valence-electron chi connectivity index (χ2n) is 5.35. The van der Waals surface area contributed by atoms with Gasteiger partial charge in [0.15, 0.2) is 11.4 Å². The van der Waals surface area contributed by atoms with E-state index in [-0.39, 0.29) is 5.41 Å². The Morgan fingerprint density at radius 3 is 2.47 bits per heavy atom. The Morgan fingerprint density at radius 1 is 1.37 bits per heavy atom. The molecule has 0 aliphatic carbocycles. The van der Waals surface area contributed by atoms with Gasteiger partial charge in [0.25, 0.3) is 0 Å². The van der Waals surface area contributed by atoms with E-state index in [1.807, 2.05) is 6.92 Å². The monoisotopic (exact) mass is 284 g/mol. The van der Waals surface area contributed by atoms with Crippen molar-refractivity contribution < 1.29 is 9.53 Å². The largest absolute Gasteiger partial charge is 0.380 e. The van der Waals surface area contributed by atoms with Crippen LogP contribution in [-0.4, -0.2) is 37.6 Å². The minimum Gasteiger partial charge on any atom is -0.380 e. The molecule has 0 atom stereocenters. The molecule has 0 amide bonds. The van der Waals surface area contributed by atoms with E-state index in [0.29, 0.717) is 6.61 Å². The van der Waals surface area contributed by atoms with E-state index in [4.69, 9.17) is 4.74 Å². The van der Waals surface area contributed by atoms with E-state index in [0.717, 1.165) is 41.7 Å². The van der Waals surface area contributed by atoms with Crippen molar-refractivity contribution in [2.75, 3.05) is 31.2 Å². The molecule has 5 heteroatoms. The molecule has 0 unspecified atom stereocenters. The number of hydrogen-bond donors (Lipinski definition) is 0. The molecular formula is C14H24N2O2S. The third-order valence-corrected chi connectivity index (χ3v) is 3.86. The maximum atomic E-state index is 11.2. The number of carbonyl (C=O) groups is 1. The lowest BCUT2D eigenvalue weighted by atomic mass is 9.91. The van der Waals surface area contributed by atoms with Gasteiger partial charge in [-0.2, -0.15) is 0 Å². The number of nitrogens with zero attached hydrogens (tertiary/aromatic N) is 2. The Morgan fingerprint density at radius 2 is 2.05 bits per heavy atom. The van der Waals surface area contributed by atoms with E-state index in [2.05, 4.69) is 37.6 Å². The van der Waals surface area contributed by atoms with Crippen LogP contribution in [0.1, 0.15) is 50.0 Å². The first kappa shape index (κ1) is 16.1. The number of thiazole rings is 1. The second-order valence-corrected chi connectivity index (χ2v) is 6.36. The maximum Gasteiger partial charge on any atom is 0.186 e. The summed E-state index contributed by atoms with van der Waals surface area (Å²) in [6.07, 6.45) is 0.915. The number of anilines is 1. The van der Waals surface area contributed by atoms with Gasteiger partial charge >= 0.3 is 0 Å². The summed E-state index contributed by atoms with van der Waals surface area (Å²) in [5.74, 6) is 0. The van der Waals surface area contributed by atoms with Gasteiger partial charge in [0.05, 0.1) is 17.2 Å². The molecule has 1 aromatic heterocycles. The van der Waals surface area contributed by atoms with Gasteiger partial charge in [-0.15, -0.1) is 0 Å². The first-order valence-electron chi connectivity index (χ1n) is 6.73. The van der Waals surface area contributed by atoms with Crippen molar-refractivity contribution in [1.82, 2.24) is 4.98 Å². The van der Waals surface area contributed by atoms with Crippen molar-refractivity contribution in [3.8, 4) is 0 Å². The highest BCUT2D eigenvalue weighted by molar-refractivity contribution is 7.17. The molecule has 1 rings (SSSR count). The molecule has 0 saturated heterocycles. The first-order valence-corrected chi connectivity index (χ1v) is 7.54. The number of likely N-dealkylation sites (N-methyl/N-ethyl adjacent to an activating group) is 1. The maximum absolute atomic E-state index is 11.2. The van der Waals surface area contributed by atoms with Crippen LogP contribution in [-0.2, 0) is 10.2 Å². The van der Waals surface area contributed by atoms with Crippen molar-refractivity contribution in [3.63, 3.8) is 0 Å². The number of ether oxygens (including phenoxy) is 1. The van der Waals surface area contributed by atoms with Crippen LogP contribution >= 0.6 is 11.3 Å². The van der Waals surface area contributed by atoms with Gasteiger partial charge < -0.3 is 9.64 Å². The average molecular weight is 284 g/mol. The zero-order chi connectivity index (χ0) is 14.5. The van der Waals surface area contributed by atoms with Crippen LogP contribution in [0.25, 0.3) is 0 Å². The Hall–Kier alpha value is -0.940. The molecule has 0 spiro atoms. The Balaban J connectivity index is 2.93. The lowest BCUT2D eigenvalue weighted by molar-refractivity contribution is 0.112. The number of rotatable bonds is 7. The molecule has 0 saturated carbocycles. The summed E-state index contributed by atoms with van der Waals surface area (Å²) in [4.78, 5) is 18.7. The lowest BCUT2D eigenvalue weighted by Gasteiger charge is -2.20. The highest BCUT2D eigenvalue weighted by atomic mass is 32.1. The standard InChI is InChI=1S/C14H24N2O2S/c1-6-16(8-9-18-7-2)13-15-12(14(3,4)5)11(10-17)19-13/h10H,6-9H2,1-5H3. The number of hydrogen-bond acceptors (Lipinski definition) is 5. The highest BCUT2D eigenvalue weighted by Gasteiger charge is 2.24. The molecular weight excluding hydrogens is 260 g/mol. The third kappa shape index (κ3) is 4.28. The second kappa shape index (κ2) is 7.01. The molecule has 0 aromatic carbocycles. The summed E-state index contributed by atoms with van der Waals surface area (Å²) >= 11 is 1.47. The van der Waals surface area contributed by atoms with Crippen LogP contribution in [0.4, 0.5) is 5.13 Å².